The second-order valence-corrected chi connectivity index (χ2v) is 6.54. The highest BCUT2D eigenvalue weighted by Crippen LogP contribution is 2.24. The van der Waals surface area contributed by atoms with Gasteiger partial charge in [0.2, 0.25) is 0 Å². The molecule has 1 N–H and O–H groups in total. The Kier molecular flexibility index (Phi) is 4.44. The van der Waals surface area contributed by atoms with Crippen LogP contribution in [0.3, 0.4) is 0 Å². The summed E-state index contributed by atoms with van der Waals surface area (Å²) in [6.07, 6.45) is 0.771. The van der Waals surface area contributed by atoms with Crippen molar-refractivity contribution in [2.45, 2.75) is 52.2 Å². The van der Waals surface area contributed by atoms with Crippen molar-refractivity contribution >= 4 is 12.1 Å². The van der Waals surface area contributed by atoms with E-state index in [1.807, 2.05) is 27.8 Å². The molecule has 22 heavy (non-hydrogen) atoms. The van der Waals surface area contributed by atoms with Gasteiger partial charge in [0.15, 0.2) is 0 Å². The summed E-state index contributed by atoms with van der Waals surface area (Å²) in [7, 11) is 1.85. The molecule has 1 aromatic heterocycles. The summed E-state index contributed by atoms with van der Waals surface area (Å²) in [6.45, 7) is 6.51. The number of amides is 1. The van der Waals surface area contributed by atoms with Gasteiger partial charge in [0.1, 0.15) is 5.60 Å². The molecule has 0 spiro atoms. The van der Waals surface area contributed by atoms with E-state index in [2.05, 4.69) is 5.10 Å². The van der Waals surface area contributed by atoms with E-state index in [-0.39, 0.29) is 12.5 Å². The van der Waals surface area contributed by atoms with E-state index in [0.717, 1.165) is 17.0 Å². The van der Waals surface area contributed by atoms with Gasteiger partial charge < -0.3 is 14.7 Å². The first-order chi connectivity index (χ1) is 10.2. The number of hydrogen-bond acceptors (Lipinski definition) is 4. The van der Waals surface area contributed by atoms with Crippen LogP contribution < -0.4 is 0 Å². The third-order valence-electron chi connectivity index (χ3n) is 3.55. The summed E-state index contributed by atoms with van der Waals surface area (Å²) in [5.41, 5.74) is 2.26. The van der Waals surface area contributed by atoms with Crippen molar-refractivity contribution in [3.63, 3.8) is 0 Å². The number of rotatable bonds is 3. The highest BCUT2D eigenvalue weighted by atomic mass is 16.6. The summed E-state index contributed by atoms with van der Waals surface area (Å²) >= 11 is 0. The van der Waals surface area contributed by atoms with E-state index < -0.39 is 11.6 Å². The zero-order valence-electron chi connectivity index (χ0n) is 13.5. The zero-order chi connectivity index (χ0) is 16.5. The number of fused-ring (bicyclic) bond motifs is 1. The second-order valence-electron chi connectivity index (χ2n) is 6.54. The summed E-state index contributed by atoms with van der Waals surface area (Å²) in [5, 5.41) is 13.2. The van der Waals surface area contributed by atoms with Crippen LogP contribution in [0.15, 0.2) is 0 Å². The van der Waals surface area contributed by atoms with Crippen molar-refractivity contribution in [1.82, 2.24) is 14.7 Å². The first kappa shape index (κ1) is 16.3. The van der Waals surface area contributed by atoms with E-state index in [1.54, 1.807) is 9.58 Å². The largest absolute Gasteiger partial charge is 0.481 e. The summed E-state index contributed by atoms with van der Waals surface area (Å²) in [4.78, 5) is 24.6. The molecule has 7 heteroatoms. The average Bonchev–Trinajstić information content (AvgIpc) is 2.71. The van der Waals surface area contributed by atoms with Crippen LogP contribution in [-0.2, 0) is 36.0 Å². The Labute approximate surface area is 129 Å². The van der Waals surface area contributed by atoms with Crippen LogP contribution >= 0.6 is 0 Å². The molecule has 0 bridgehead atoms. The molecule has 2 rings (SSSR count). The van der Waals surface area contributed by atoms with Crippen molar-refractivity contribution in [3.8, 4) is 0 Å². The van der Waals surface area contributed by atoms with Crippen LogP contribution in [0, 0.1) is 0 Å². The SMILES string of the molecule is Cn1nc(CCC(=O)O)c2c1CCN(C(=O)OC(C)(C)C)C2. The molecule has 2 heterocycles. The van der Waals surface area contributed by atoms with Crippen LogP contribution in [-0.4, -0.2) is 44.0 Å². The molecule has 0 fully saturated rings. The number of aliphatic carboxylic acids is 1. The fourth-order valence-corrected chi connectivity index (χ4v) is 2.58. The van der Waals surface area contributed by atoms with Crippen molar-refractivity contribution in [1.29, 1.82) is 0 Å². The molecule has 7 nitrogen and oxygen atoms in total. The molecule has 1 amide bonds. The molecule has 1 aliphatic heterocycles. The van der Waals surface area contributed by atoms with Crippen LogP contribution in [0.4, 0.5) is 4.79 Å². The molecule has 122 valence electrons. The van der Waals surface area contributed by atoms with Gasteiger partial charge in [0.25, 0.3) is 0 Å². The fourth-order valence-electron chi connectivity index (χ4n) is 2.58. The van der Waals surface area contributed by atoms with Gasteiger partial charge in [-0.15, -0.1) is 0 Å². The Balaban J connectivity index is 2.14. The summed E-state index contributed by atoms with van der Waals surface area (Å²) in [6, 6.07) is 0. The van der Waals surface area contributed by atoms with Gasteiger partial charge in [-0.2, -0.15) is 5.10 Å². The van der Waals surface area contributed by atoms with Gasteiger partial charge in [-0.3, -0.25) is 9.48 Å². The van der Waals surface area contributed by atoms with E-state index in [0.29, 0.717) is 25.9 Å². The standard InChI is InChI=1S/C15H23N3O4/c1-15(2,3)22-14(21)18-8-7-12-10(9-18)11(16-17(12)4)5-6-13(19)20/h5-9H2,1-4H3,(H,19,20). The van der Waals surface area contributed by atoms with Gasteiger partial charge in [0, 0.05) is 37.7 Å². The first-order valence-corrected chi connectivity index (χ1v) is 7.40. The first-order valence-electron chi connectivity index (χ1n) is 7.40. The van der Waals surface area contributed by atoms with Gasteiger partial charge in [-0.1, -0.05) is 0 Å². The Bertz CT molecular complexity index is 586. The number of aromatic nitrogens is 2. The Morgan fingerprint density at radius 3 is 2.64 bits per heavy atom. The number of carboxylic acids is 1. The third kappa shape index (κ3) is 3.78. The number of nitrogens with zero attached hydrogens (tertiary/aromatic N) is 3. The number of aryl methyl sites for hydroxylation is 2. The van der Waals surface area contributed by atoms with Gasteiger partial charge in [-0.05, 0) is 20.8 Å². The maximum absolute atomic E-state index is 12.2. The monoisotopic (exact) mass is 309 g/mol. The molecule has 0 saturated heterocycles. The molecule has 0 aliphatic carbocycles. The van der Waals surface area contributed by atoms with Crippen LogP contribution in [0.5, 0.6) is 0 Å². The zero-order valence-corrected chi connectivity index (χ0v) is 13.5. The van der Waals surface area contributed by atoms with Crippen LogP contribution in [0.2, 0.25) is 0 Å². The van der Waals surface area contributed by atoms with Crippen molar-refractivity contribution in [2.24, 2.45) is 7.05 Å². The lowest BCUT2D eigenvalue weighted by molar-refractivity contribution is -0.137. The average molecular weight is 309 g/mol. The predicted molar refractivity (Wildman–Crippen MR) is 79.5 cm³/mol. The number of ether oxygens (including phenoxy) is 1. The maximum Gasteiger partial charge on any atom is 0.410 e. The molecule has 0 unspecified atom stereocenters. The predicted octanol–water partition coefficient (Wildman–Crippen LogP) is 1.73. The molecular weight excluding hydrogens is 286 g/mol. The minimum Gasteiger partial charge on any atom is -0.481 e. The minimum absolute atomic E-state index is 0.0376. The highest BCUT2D eigenvalue weighted by molar-refractivity contribution is 5.69. The van der Waals surface area contributed by atoms with E-state index in [9.17, 15) is 9.59 Å². The molecular formula is C15H23N3O4. The third-order valence-corrected chi connectivity index (χ3v) is 3.55. The smallest absolute Gasteiger partial charge is 0.410 e. The lowest BCUT2D eigenvalue weighted by atomic mass is 10.0. The number of carbonyl (C=O) groups excluding carboxylic acids is 1. The van der Waals surface area contributed by atoms with Crippen molar-refractivity contribution < 1.29 is 19.4 Å². The van der Waals surface area contributed by atoms with Crippen molar-refractivity contribution in [2.75, 3.05) is 6.54 Å². The lowest BCUT2D eigenvalue weighted by Crippen LogP contribution is -2.40. The topological polar surface area (TPSA) is 84.7 Å². The Morgan fingerprint density at radius 2 is 2.05 bits per heavy atom. The van der Waals surface area contributed by atoms with Gasteiger partial charge in [-0.25, -0.2) is 4.79 Å². The Morgan fingerprint density at radius 1 is 1.36 bits per heavy atom. The molecule has 0 radical (unpaired) electrons. The molecule has 1 aliphatic rings. The lowest BCUT2D eigenvalue weighted by Gasteiger charge is -2.30. The van der Waals surface area contributed by atoms with Crippen LogP contribution in [0.1, 0.15) is 44.1 Å². The second kappa shape index (κ2) is 5.98. The normalized spacial score (nSPS) is 14.6. The van der Waals surface area contributed by atoms with Gasteiger partial charge >= 0.3 is 12.1 Å². The van der Waals surface area contributed by atoms with Gasteiger partial charge in [0.05, 0.1) is 18.7 Å². The maximum atomic E-state index is 12.2. The Hall–Kier alpha value is -2.05. The quantitative estimate of drug-likeness (QED) is 0.919. The minimum atomic E-state index is -0.848. The van der Waals surface area contributed by atoms with E-state index in [1.165, 1.54) is 0 Å². The number of hydrogen-bond donors (Lipinski definition) is 1. The highest BCUT2D eigenvalue weighted by Gasteiger charge is 2.29. The summed E-state index contributed by atoms with van der Waals surface area (Å²) in [5.74, 6) is -0.848. The molecule has 0 saturated carbocycles. The number of carbonyl (C=O) groups is 2. The fraction of sp³-hybridized carbons (Fsp3) is 0.667. The molecule has 1 aromatic rings. The van der Waals surface area contributed by atoms with Crippen LogP contribution in [0.25, 0.3) is 0 Å². The molecule has 0 atom stereocenters. The summed E-state index contributed by atoms with van der Waals surface area (Å²) < 4.78 is 7.19. The van der Waals surface area contributed by atoms with E-state index >= 15 is 0 Å². The van der Waals surface area contributed by atoms with E-state index in [4.69, 9.17) is 9.84 Å². The molecule has 0 aromatic carbocycles. The van der Waals surface area contributed by atoms with Crippen molar-refractivity contribution in [3.05, 3.63) is 17.0 Å². The number of carboxylic acid groups (broad SMARTS) is 1.